The van der Waals surface area contributed by atoms with Gasteiger partial charge in [0.25, 0.3) is 0 Å². The van der Waals surface area contributed by atoms with E-state index in [0.29, 0.717) is 12.8 Å². The van der Waals surface area contributed by atoms with Gasteiger partial charge in [-0.2, -0.15) is 13.2 Å². The monoisotopic (exact) mass is 229 g/mol. The first kappa shape index (κ1) is 11.6. The highest BCUT2D eigenvalue weighted by atomic mass is 35.5. The van der Waals surface area contributed by atoms with Crippen LogP contribution in [-0.4, -0.2) is 34.9 Å². The van der Waals surface area contributed by atoms with Crippen molar-refractivity contribution in [2.24, 2.45) is 0 Å². The molecule has 1 aliphatic rings. The maximum atomic E-state index is 12.1. The number of halogens is 4. The lowest BCUT2D eigenvalue weighted by molar-refractivity contribution is -0.161. The van der Waals surface area contributed by atoms with Crippen molar-refractivity contribution in [3.05, 3.63) is 0 Å². The number of hydrogen-bond donors (Lipinski definition) is 0. The summed E-state index contributed by atoms with van der Waals surface area (Å²) in [4.78, 5) is 12.1. The first-order valence-corrected chi connectivity index (χ1v) is 4.76. The summed E-state index contributed by atoms with van der Waals surface area (Å²) in [6, 6.07) is -0.259. The standard InChI is InChI=1S/C8H11ClF3NO/c1-5(9)7(14)13(6-2-3-6)4-8(10,11)12/h5-6H,2-4H2,1H3. The molecular weight excluding hydrogens is 219 g/mol. The summed E-state index contributed by atoms with van der Waals surface area (Å²) in [5.74, 6) is -0.633. The zero-order valence-electron chi connectivity index (χ0n) is 7.64. The van der Waals surface area contributed by atoms with Crippen molar-refractivity contribution in [1.82, 2.24) is 4.90 Å². The minimum absolute atomic E-state index is 0.259. The van der Waals surface area contributed by atoms with Gasteiger partial charge in [-0.25, -0.2) is 0 Å². The number of amides is 1. The molecular formula is C8H11ClF3NO. The Bertz CT molecular complexity index is 225. The van der Waals surface area contributed by atoms with Crippen molar-refractivity contribution in [2.45, 2.75) is 37.4 Å². The summed E-state index contributed by atoms with van der Waals surface area (Å²) >= 11 is 5.47. The molecule has 6 heteroatoms. The van der Waals surface area contributed by atoms with Crippen molar-refractivity contribution >= 4 is 17.5 Å². The Balaban J connectivity index is 2.60. The topological polar surface area (TPSA) is 20.3 Å². The van der Waals surface area contributed by atoms with E-state index in [4.69, 9.17) is 11.6 Å². The van der Waals surface area contributed by atoms with Gasteiger partial charge in [-0.1, -0.05) is 0 Å². The first-order valence-electron chi connectivity index (χ1n) is 4.32. The average Bonchev–Trinajstić information content (AvgIpc) is 2.79. The van der Waals surface area contributed by atoms with Gasteiger partial charge in [-0.15, -0.1) is 11.6 Å². The molecule has 1 unspecified atom stereocenters. The molecule has 1 rings (SSSR count). The number of rotatable bonds is 3. The number of carbonyl (C=O) groups is 1. The number of alkyl halides is 4. The largest absolute Gasteiger partial charge is 0.406 e. The normalized spacial score (nSPS) is 19.2. The molecule has 2 nitrogen and oxygen atoms in total. The van der Waals surface area contributed by atoms with Crippen LogP contribution in [0.4, 0.5) is 13.2 Å². The molecule has 1 atom stereocenters. The highest BCUT2D eigenvalue weighted by Gasteiger charge is 2.41. The van der Waals surface area contributed by atoms with Gasteiger partial charge in [-0.3, -0.25) is 4.79 Å². The highest BCUT2D eigenvalue weighted by molar-refractivity contribution is 6.30. The van der Waals surface area contributed by atoms with Crippen LogP contribution in [0.25, 0.3) is 0 Å². The maximum Gasteiger partial charge on any atom is 0.406 e. The molecule has 0 aromatic heterocycles. The van der Waals surface area contributed by atoms with E-state index in [1.54, 1.807) is 0 Å². The maximum absolute atomic E-state index is 12.1. The van der Waals surface area contributed by atoms with Gasteiger partial charge < -0.3 is 4.90 Å². The highest BCUT2D eigenvalue weighted by Crippen LogP contribution is 2.31. The number of carbonyl (C=O) groups excluding carboxylic acids is 1. The first-order chi connectivity index (χ1) is 6.31. The second-order valence-corrected chi connectivity index (χ2v) is 4.08. The van der Waals surface area contributed by atoms with Crippen LogP contribution >= 0.6 is 11.6 Å². The van der Waals surface area contributed by atoms with Crippen molar-refractivity contribution < 1.29 is 18.0 Å². The Kier molecular flexibility index (Phi) is 3.29. The summed E-state index contributed by atoms with van der Waals surface area (Å²) in [5, 5.41) is -0.891. The lowest BCUT2D eigenvalue weighted by atomic mass is 10.3. The molecule has 1 saturated carbocycles. The molecule has 0 N–H and O–H groups in total. The fraction of sp³-hybridized carbons (Fsp3) is 0.875. The van der Waals surface area contributed by atoms with E-state index in [9.17, 15) is 18.0 Å². The van der Waals surface area contributed by atoms with E-state index in [1.165, 1.54) is 6.92 Å². The van der Waals surface area contributed by atoms with Crippen molar-refractivity contribution in [3.8, 4) is 0 Å². The molecule has 0 aromatic rings. The summed E-state index contributed by atoms with van der Waals surface area (Å²) in [5.41, 5.74) is 0. The second kappa shape index (κ2) is 3.96. The average molecular weight is 230 g/mol. The smallest absolute Gasteiger partial charge is 0.329 e. The molecule has 0 aromatic carbocycles. The molecule has 0 spiro atoms. The Morgan fingerprint density at radius 2 is 2.07 bits per heavy atom. The van der Waals surface area contributed by atoms with Gasteiger partial charge in [-0.05, 0) is 19.8 Å². The van der Waals surface area contributed by atoms with Crippen LogP contribution in [-0.2, 0) is 4.79 Å². The molecule has 14 heavy (non-hydrogen) atoms. The molecule has 0 saturated heterocycles. The van der Waals surface area contributed by atoms with Crippen molar-refractivity contribution in [2.75, 3.05) is 6.54 Å². The minimum atomic E-state index is -4.34. The van der Waals surface area contributed by atoms with Crippen LogP contribution in [0.2, 0.25) is 0 Å². The predicted molar refractivity (Wildman–Crippen MR) is 46.1 cm³/mol. The van der Waals surface area contributed by atoms with Crippen LogP contribution < -0.4 is 0 Å². The molecule has 0 bridgehead atoms. The van der Waals surface area contributed by atoms with Crippen LogP contribution in [0.15, 0.2) is 0 Å². The third-order valence-corrected chi connectivity index (χ3v) is 2.15. The molecule has 1 fully saturated rings. The molecule has 82 valence electrons. The van der Waals surface area contributed by atoms with E-state index < -0.39 is 24.0 Å². The van der Waals surface area contributed by atoms with E-state index in [0.717, 1.165) is 4.90 Å². The van der Waals surface area contributed by atoms with Gasteiger partial charge in [0.15, 0.2) is 0 Å². The van der Waals surface area contributed by atoms with Crippen molar-refractivity contribution in [3.63, 3.8) is 0 Å². The lowest BCUT2D eigenvalue weighted by Gasteiger charge is -2.24. The Labute approximate surface area is 85.0 Å². The van der Waals surface area contributed by atoms with E-state index in [-0.39, 0.29) is 6.04 Å². The lowest BCUT2D eigenvalue weighted by Crippen LogP contribution is -2.43. The zero-order valence-corrected chi connectivity index (χ0v) is 8.40. The SMILES string of the molecule is CC(Cl)C(=O)N(CC(F)(F)F)C1CC1. The Morgan fingerprint density at radius 1 is 1.57 bits per heavy atom. The summed E-state index contributed by atoms with van der Waals surface area (Å²) < 4.78 is 36.2. The fourth-order valence-electron chi connectivity index (χ4n) is 1.19. The van der Waals surface area contributed by atoms with E-state index in [2.05, 4.69) is 0 Å². The van der Waals surface area contributed by atoms with Crippen LogP contribution in [0.3, 0.4) is 0 Å². The van der Waals surface area contributed by atoms with Gasteiger partial charge >= 0.3 is 6.18 Å². The third-order valence-electron chi connectivity index (χ3n) is 1.96. The van der Waals surface area contributed by atoms with Crippen LogP contribution in [0.1, 0.15) is 19.8 Å². The summed E-state index contributed by atoms with van der Waals surface area (Å²) in [7, 11) is 0. The van der Waals surface area contributed by atoms with Gasteiger partial charge in [0.2, 0.25) is 5.91 Å². The molecule has 0 heterocycles. The van der Waals surface area contributed by atoms with Crippen LogP contribution in [0.5, 0.6) is 0 Å². The molecule has 0 aliphatic heterocycles. The summed E-state index contributed by atoms with van der Waals surface area (Å²) in [6.45, 7) is 0.198. The molecule has 0 radical (unpaired) electrons. The molecule has 1 aliphatic carbocycles. The summed E-state index contributed by atoms with van der Waals surface area (Å²) in [6.07, 6.45) is -3.05. The van der Waals surface area contributed by atoms with E-state index >= 15 is 0 Å². The predicted octanol–water partition coefficient (Wildman–Crippen LogP) is 2.17. The molecule has 1 amide bonds. The Hall–Kier alpha value is -0.450. The van der Waals surface area contributed by atoms with Gasteiger partial charge in [0, 0.05) is 6.04 Å². The van der Waals surface area contributed by atoms with Gasteiger partial charge in [0.05, 0.1) is 0 Å². The quantitative estimate of drug-likeness (QED) is 0.680. The zero-order chi connectivity index (χ0) is 10.9. The number of hydrogen-bond acceptors (Lipinski definition) is 1. The second-order valence-electron chi connectivity index (χ2n) is 3.43. The number of nitrogens with zero attached hydrogens (tertiary/aromatic N) is 1. The Morgan fingerprint density at radius 3 is 2.36 bits per heavy atom. The van der Waals surface area contributed by atoms with Gasteiger partial charge in [0.1, 0.15) is 11.9 Å². The van der Waals surface area contributed by atoms with Crippen molar-refractivity contribution in [1.29, 1.82) is 0 Å². The minimum Gasteiger partial charge on any atom is -0.329 e. The third kappa shape index (κ3) is 3.36. The van der Waals surface area contributed by atoms with E-state index in [1.807, 2.05) is 0 Å². The fourth-order valence-corrected chi connectivity index (χ4v) is 1.32. The van der Waals surface area contributed by atoms with Crippen LogP contribution in [0, 0.1) is 0 Å².